The Labute approximate surface area is 150 Å². The van der Waals surface area contributed by atoms with E-state index in [1.807, 2.05) is 6.07 Å². The van der Waals surface area contributed by atoms with Crippen molar-refractivity contribution >= 4 is 11.6 Å². The monoisotopic (exact) mass is 366 g/mol. The number of benzene rings is 1. The number of ether oxygens (including phenoxy) is 1. The third-order valence-corrected chi connectivity index (χ3v) is 4.41. The number of alkyl halides is 3. The number of halogens is 3. The summed E-state index contributed by atoms with van der Waals surface area (Å²) in [5.74, 6) is 1.39. The van der Waals surface area contributed by atoms with E-state index in [2.05, 4.69) is 38.8 Å². The molecule has 0 aliphatic carbocycles. The van der Waals surface area contributed by atoms with Gasteiger partial charge in [0.15, 0.2) is 0 Å². The summed E-state index contributed by atoms with van der Waals surface area (Å²) in [5.41, 5.74) is 1.84. The summed E-state index contributed by atoms with van der Waals surface area (Å²) in [6.07, 6.45) is -1.54. The first-order chi connectivity index (χ1) is 12.3. The maximum atomic E-state index is 12.4. The lowest BCUT2D eigenvalue weighted by Gasteiger charge is -2.30. The molecule has 5 nitrogen and oxygen atoms in total. The Morgan fingerprint density at radius 1 is 1.23 bits per heavy atom. The molecule has 2 heterocycles. The molecular weight excluding hydrogens is 345 g/mol. The van der Waals surface area contributed by atoms with Gasteiger partial charge in [0.25, 0.3) is 0 Å². The average molecular weight is 366 g/mol. The van der Waals surface area contributed by atoms with E-state index in [1.165, 1.54) is 18.5 Å². The van der Waals surface area contributed by atoms with Crippen molar-refractivity contribution in [2.75, 3.05) is 16.8 Å². The molecule has 0 bridgehead atoms. The molecule has 1 atom stereocenters. The van der Waals surface area contributed by atoms with Gasteiger partial charge in [-0.2, -0.15) is 0 Å². The fourth-order valence-electron chi connectivity index (χ4n) is 2.88. The molecule has 8 heteroatoms. The molecular formula is C18H21F3N4O. The Kier molecular flexibility index (Phi) is 5.20. The Morgan fingerprint density at radius 2 is 2.04 bits per heavy atom. The van der Waals surface area contributed by atoms with Gasteiger partial charge in [0.1, 0.15) is 23.7 Å². The maximum absolute atomic E-state index is 12.4. The van der Waals surface area contributed by atoms with Crippen LogP contribution in [0.4, 0.5) is 24.8 Å². The average Bonchev–Trinajstić information content (AvgIpc) is 2.60. The first-order valence-corrected chi connectivity index (χ1v) is 8.55. The summed E-state index contributed by atoms with van der Waals surface area (Å²) < 4.78 is 41.1. The van der Waals surface area contributed by atoms with E-state index in [4.69, 9.17) is 0 Å². The zero-order chi connectivity index (χ0) is 18.7. The SMILES string of the molecule is CC[C@H](C)Nc1cc(N2CCc3cc(OC(F)(F)F)ccc3C2)ncn1. The molecule has 1 aliphatic rings. The minimum Gasteiger partial charge on any atom is -0.406 e. The van der Waals surface area contributed by atoms with E-state index in [0.717, 1.165) is 29.2 Å². The van der Waals surface area contributed by atoms with Gasteiger partial charge in [-0.05, 0) is 43.0 Å². The van der Waals surface area contributed by atoms with Crippen molar-refractivity contribution in [3.05, 3.63) is 41.7 Å². The van der Waals surface area contributed by atoms with Crippen LogP contribution in [0.1, 0.15) is 31.4 Å². The highest BCUT2D eigenvalue weighted by atomic mass is 19.4. The summed E-state index contributed by atoms with van der Waals surface area (Å²) in [5, 5.41) is 3.32. The Morgan fingerprint density at radius 3 is 2.77 bits per heavy atom. The molecule has 140 valence electrons. The van der Waals surface area contributed by atoms with E-state index in [1.54, 1.807) is 6.07 Å². The van der Waals surface area contributed by atoms with E-state index in [9.17, 15) is 13.2 Å². The first kappa shape index (κ1) is 18.3. The largest absolute Gasteiger partial charge is 0.573 e. The molecule has 0 spiro atoms. The highest BCUT2D eigenvalue weighted by molar-refractivity contribution is 5.51. The number of fused-ring (bicyclic) bond motifs is 1. The molecule has 0 saturated heterocycles. The topological polar surface area (TPSA) is 50.3 Å². The van der Waals surface area contributed by atoms with Gasteiger partial charge < -0.3 is 15.0 Å². The van der Waals surface area contributed by atoms with Crippen LogP contribution in [0.25, 0.3) is 0 Å². The van der Waals surface area contributed by atoms with Crippen molar-refractivity contribution in [1.29, 1.82) is 0 Å². The van der Waals surface area contributed by atoms with Gasteiger partial charge >= 0.3 is 6.36 Å². The summed E-state index contributed by atoms with van der Waals surface area (Å²) in [6, 6.07) is 6.72. The lowest BCUT2D eigenvalue weighted by molar-refractivity contribution is -0.274. The fraction of sp³-hybridized carbons (Fsp3) is 0.444. The number of hydrogen-bond donors (Lipinski definition) is 1. The van der Waals surface area contributed by atoms with Crippen LogP contribution in [0.5, 0.6) is 5.75 Å². The standard InChI is InChI=1S/C18H21F3N4O/c1-3-12(2)24-16-9-17(23-11-22-16)25-7-6-13-8-15(26-18(19,20)21)5-4-14(13)10-25/h4-5,8-9,11-12H,3,6-7,10H2,1-2H3,(H,22,23,24)/t12-/m0/s1. The molecule has 1 aromatic carbocycles. The van der Waals surface area contributed by atoms with Crippen LogP contribution < -0.4 is 15.0 Å². The normalized spacial score (nSPS) is 15.3. The van der Waals surface area contributed by atoms with Gasteiger partial charge in [-0.1, -0.05) is 13.0 Å². The zero-order valence-corrected chi connectivity index (χ0v) is 14.7. The van der Waals surface area contributed by atoms with Gasteiger partial charge in [-0.3, -0.25) is 0 Å². The molecule has 1 aromatic heterocycles. The first-order valence-electron chi connectivity index (χ1n) is 8.55. The second-order valence-corrected chi connectivity index (χ2v) is 6.36. The predicted octanol–water partition coefficient (Wildman–Crippen LogP) is 4.15. The molecule has 26 heavy (non-hydrogen) atoms. The van der Waals surface area contributed by atoms with Crippen molar-refractivity contribution in [2.24, 2.45) is 0 Å². The fourth-order valence-corrected chi connectivity index (χ4v) is 2.88. The molecule has 1 N–H and O–H groups in total. The van der Waals surface area contributed by atoms with Crippen molar-refractivity contribution in [1.82, 2.24) is 9.97 Å². The third kappa shape index (κ3) is 4.56. The van der Waals surface area contributed by atoms with E-state index in [0.29, 0.717) is 25.6 Å². The minimum atomic E-state index is -4.67. The summed E-state index contributed by atoms with van der Waals surface area (Å²) in [6.45, 7) is 5.43. The van der Waals surface area contributed by atoms with Gasteiger partial charge in [0, 0.05) is 25.2 Å². The van der Waals surface area contributed by atoms with Gasteiger partial charge in [-0.25, -0.2) is 9.97 Å². The number of hydrogen-bond acceptors (Lipinski definition) is 5. The second kappa shape index (κ2) is 7.39. The molecule has 0 radical (unpaired) electrons. The Balaban J connectivity index is 1.73. The van der Waals surface area contributed by atoms with Crippen molar-refractivity contribution in [3.8, 4) is 5.75 Å². The number of rotatable bonds is 5. The molecule has 0 unspecified atom stereocenters. The van der Waals surface area contributed by atoms with Crippen LogP contribution in [0.15, 0.2) is 30.6 Å². The molecule has 0 saturated carbocycles. The predicted molar refractivity (Wildman–Crippen MR) is 93.3 cm³/mol. The smallest absolute Gasteiger partial charge is 0.406 e. The summed E-state index contributed by atoms with van der Waals surface area (Å²) in [7, 11) is 0. The number of nitrogens with one attached hydrogen (secondary N) is 1. The lowest BCUT2D eigenvalue weighted by atomic mass is 9.99. The molecule has 2 aromatic rings. The van der Waals surface area contributed by atoms with Crippen molar-refractivity contribution in [3.63, 3.8) is 0 Å². The van der Waals surface area contributed by atoms with Gasteiger partial charge in [0.05, 0.1) is 0 Å². The van der Waals surface area contributed by atoms with E-state index in [-0.39, 0.29) is 5.75 Å². The van der Waals surface area contributed by atoms with Crippen LogP contribution in [-0.2, 0) is 13.0 Å². The van der Waals surface area contributed by atoms with Crippen LogP contribution in [0.3, 0.4) is 0 Å². The lowest BCUT2D eigenvalue weighted by Crippen LogP contribution is -2.31. The third-order valence-electron chi connectivity index (χ3n) is 4.41. The van der Waals surface area contributed by atoms with Crippen LogP contribution in [0.2, 0.25) is 0 Å². The highest BCUT2D eigenvalue weighted by Gasteiger charge is 2.31. The van der Waals surface area contributed by atoms with E-state index >= 15 is 0 Å². The van der Waals surface area contributed by atoms with Crippen LogP contribution >= 0.6 is 0 Å². The number of anilines is 2. The van der Waals surface area contributed by atoms with Gasteiger partial charge in [0.2, 0.25) is 0 Å². The number of aromatic nitrogens is 2. The molecule has 0 amide bonds. The Hall–Kier alpha value is -2.51. The van der Waals surface area contributed by atoms with Gasteiger partial charge in [-0.15, -0.1) is 13.2 Å². The highest BCUT2D eigenvalue weighted by Crippen LogP contribution is 2.29. The van der Waals surface area contributed by atoms with E-state index < -0.39 is 6.36 Å². The maximum Gasteiger partial charge on any atom is 0.573 e. The molecule has 3 rings (SSSR count). The molecule has 0 fully saturated rings. The zero-order valence-electron chi connectivity index (χ0n) is 14.7. The number of nitrogens with zero attached hydrogens (tertiary/aromatic N) is 3. The molecule has 1 aliphatic heterocycles. The van der Waals surface area contributed by atoms with Crippen molar-refractivity contribution < 1.29 is 17.9 Å². The summed E-state index contributed by atoms with van der Waals surface area (Å²) >= 11 is 0. The quantitative estimate of drug-likeness (QED) is 0.862. The van der Waals surface area contributed by atoms with Crippen molar-refractivity contribution in [2.45, 2.75) is 45.6 Å². The van der Waals surface area contributed by atoms with Crippen LogP contribution in [-0.4, -0.2) is 28.9 Å². The second-order valence-electron chi connectivity index (χ2n) is 6.36. The van der Waals surface area contributed by atoms with Crippen LogP contribution in [0, 0.1) is 0 Å². The minimum absolute atomic E-state index is 0.174. The Bertz CT molecular complexity index is 766. The summed E-state index contributed by atoms with van der Waals surface area (Å²) in [4.78, 5) is 10.7.